The van der Waals surface area contributed by atoms with Gasteiger partial charge in [-0.3, -0.25) is 19.2 Å². The number of carbonyl (C=O) groups is 4. The molecule has 1 fully saturated rings. The van der Waals surface area contributed by atoms with Gasteiger partial charge in [-0.1, -0.05) is 0 Å². The summed E-state index contributed by atoms with van der Waals surface area (Å²) in [5.41, 5.74) is 1.01. The van der Waals surface area contributed by atoms with Gasteiger partial charge in [-0.15, -0.1) is 0 Å². The van der Waals surface area contributed by atoms with E-state index >= 15 is 0 Å². The molecule has 0 aromatic heterocycles. The minimum atomic E-state index is -0.827. The Labute approximate surface area is 151 Å². The number of hydrogen-bond acceptors (Lipinski definition) is 4. The molecule has 8 heteroatoms. The maximum Gasteiger partial charge on any atom is 0.306 e. The molecule has 3 amide bonds. The smallest absolute Gasteiger partial charge is 0.306 e. The van der Waals surface area contributed by atoms with Crippen molar-refractivity contribution < 1.29 is 24.3 Å². The molecular weight excluding hydrogens is 338 g/mol. The maximum atomic E-state index is 12.4. The van der Waals surface area contributed by atoms with Crippen LogP contribution < -0.4 is 5.32 Å². The Morgan fingerprint density at radius 3 is 2.23 bits per heavy atom. The number of likely N-dealkylation sites (tertiary alicyclic amines) is 1. The third-order valence-electron chi connectivity index (χ3n) is 4.37. The van der Waals surface area contributed by atoms with Crippen molar-refractivity contribution in [3.05, 3.63) is 29.8 Å². The summed E-state index contributed by atoms with van der Waals surface area (Å²) in [5.74, 6) is -1.92. The van der Waals surface area contributed by atoms with E-state index in [9.17, 15) is 19.2 Å². The first kappa shape index (κ1) is 19.4. The lowest BCUT2D eigenvalue weighted by atomic mass is 9.97. The molecule has 0 bridgehead atoms. The number of nitrogens with one attached hydrogen (secondary N) is 1. The molecule has 0 radical (unpaired) electrons. The molecule has 1 saturated heterocycles. The number of amides is 3. The minimum Gasteiger partial charge on any atom is -0.481 e. The number of benzene rings is 1. The molecule has 1 aromatic carbocycles. The van der Waals surface area contributed by atoms with Gasteiger partial charge in [0.2, 0.25) is 11.8 Å². The lowest BCUT2D eigenvalue weighted by Crippen LogP contribution is -2.45. The van der Waals surface area contributed by atoms with Gasteiger partial charge in [0.05, 0.1) is 12.5 Å². The lowest BCUT2D eigenvalue weighted by molar-refractivity contribution is -0.145. The van der Waals surface area contributed by atoms with Gasteiger partial charge >= 0.3 is 5.97 Å². The highest BCUT2D eigenvalue weighted by atomic mass is 16.4. The number of nitrogens with zero attached hydrogens (tertiary/aromatic N) is 2. The predicted octanol–water partition coefficient (Wildman–Crippen LogP) is 1.04. The molecule has 1 aliphatic heterocycles. The van der Waals surface area contributed by atoms with E-state index < -0.39 is 11.9 Å². The van der Waals surface area contributed by atoms with E-state index in [0.29, 0.717) is 37.2 Å². The normalized spacial score (nSPS) is 14.6. The second-order valence-electron chi connectivity index (χ2n) is 6.41. The SMILES string of the molecule is CC(=O)Nc1ccc(C(=O)N(C)CC(=O)N2CCC(C(=O)O)CC2)cc1. The Morgan fingerprint density at radius 2 is 1.73 bits per heavy atom. The largest absolute Gasteiger partial charge is 0.481 e. The fraction of sp³-hybridized carbons (Fsp3) is 0.444. The standard InChI is InChI=1S/C18H23N3O5/c1-12(22)19-15-5-3-13(4-6-15)17(24)20(2)11-16(23)21-9-7-14(8-10-21)18(25)26/h3-6,14H,7-11H2,1-2H3,(H,19,22)(H,25,26). The Balaban J connectivity index is 1.89. The molecule has 1 aliphatic rings. The van der Waals surface area contributed by atoms with E-state index in [-0.39, 0.29) is 24.3 Å². The van der Waals surface area contributed by atoms with Crippen LogP contribution in [0.1, 0.15) is 30.1 Å². The molecule has 1 aromatic rings. The van der Waals surface area contributed by atoms with E-state index in [0.717, 1.165) is 0 Å². The number of piperidine rings is 1. The van der Waals surface area contributed by atoms with Crippen LogP contribution in [0.2, 0.25) is 0 Å². The number of likely N-dealkylation sites (N-methyl/N-ethyl adjacent to an activating group) is 1. The molecule has 0 unspecified atom stereocenters. The van der Waals surface area contributed by atoms with E-state index in [4.69, 9.17) is 5.11 Å². The van der Waals surface area contributed by atoms with Gasteiger partial charge in [0.25, 0.3) is 5.91 Å². The van der Waals surface area contributed by atoms with E-state index in [1.54, 1.807) is 36.2 Å². The monoisotopic (exact) mass is 361 g/mol. The van der Waals surface area contributed by atoms with Crippen LogP contribution in [-0.2, 0) is 14.4 Å². The number of hydrogen-bond donors (Lipinski definition) is 2. The van der Waals surface area contributed by atoms with Crippen LogP contribution in [0.3, 0.4) is 0 Å². The summed E-state index contributed by atoms with van der Waals surface area (Å²) < 4.78 is 0. The second-order valence-corrected chi connectivity index (χ2v) is 6.41. The number of aliphatic carboxylic acids is 1. The van der Waals surface area contributed by atoms with E-state index in [1.165, 1.54) is 11.8 Å². The van der Waals surface area contributed by atoms with Gasteiger partial charge in [0.15, 0.2) is 0 Å². The Kier molecular flexibility index (Phi) is 6.32. The van der Waals surface area contributed by atoms with E-state index in [2.05, 4.69) is 5.32 Å². The van der Waals surface area contributed by atoms with Crippen LogP contribution in [0.25, 0.3) is 0 Å². The molecule has 0 atom stereocenters. The van der Waals surface area contributed by atoms with Crippen LogP contribution in [0.15, 0.2) is 24.3 Å². The third kappa shape index (κ3) is 5.05. The van der Waals surface area contributed by atoms with Crippen LogP contribution in [0.4, 0.5) is 5.69 Å². The van der Waals surface area contributed by atoms with E-state index in [1.807, 2.05) is 0 Å². The first-order valence-corrected chi connectivity index (χ1v) is 8.41. The summed E-state index contributed by atoms with van der Waals surface area (Å²) in [5, 5.41) is 11.6. The van der Waals surface area contributed by atoms with Crippen molar-refractivity contribution >= 4 is 29.4 Å². The number of anilines is 1. The van der Waals surface area contributed by atoms with Gasteiger partial charge in [-0.25, -0.2) is 0 Å². The summed E-state index contributed by atoms with van der Waals surface area (Å²) in [4.78, 5) is 49.7. The van der Waals surface area contributed by atoms with Crippen molar-refractivity contribution in [1.82, 2.24) is 9.80 Å². The third-order valence-corrected chi connectivity index (χ3v) is 4.37. The summed E-state index contributed by atoms with van der Waals surface area (Å²) in [6, 6.07) is 6.43. The first-order valence-electron chi connectivity index (χ1n) is 8.41. The molecular formula is C18H23N3O5. The average Bonchev–Trinajstić information content (AvgIpc) is 2.61. The van der Waals surface area contributed by atoms with Crippen molar-refractivity contribution in [3.8, 4) is 0 Å². The Hall–Kier alpha value is -2.90. The Bertz CT molecular complexity index is 693. The number of carboxylic acid groups (broad SMARTS) is 1. The predicted molar refractivity (Wildman–Crippen MR) is 94.6 cm³/mol. The van der Waals surface area contributed by atoms with Crippen molar-refractivity contribution in [2.45, 2.75) is 19.8 Å². The van der Waals surface area contributed by atoms with Crippen LogP contribution in [0.5, 0.6) is 0 Å². The second kappa shape index (κ2) is 8.46. The lowest BCUT2D eigenvalue weighted by Gasteiger charge is -2.31. The molecule has 140 valence electrons. The highest BCUT2D eigenvalue weighted by Crippen LogP contribution is 2.18. The summed E-state index contributed by atoms with van der Waals surface area (Å²) in [7, 11) is 1.55. The fourth-order valence-corrected chi connectivity index (χ4v) is 2.87. The highest BCUT2D eigenvalue weighted by Gasteiger charge is 2.28. The van der Waals surface area contributed by atoms with Crippen molar-refractivity contribution in [2.24, 2.45) is 5.92 Å². The maximum absolute atomic E-state index is 12.4. The van der Waals surface area contributed by atoms with Crippen molar-refractivity contribution in [3.63, 3.8) is 0 Å². The van der Waals surface area contributed by atoms with Gasteiger partial charge < -0.3 is 20.2 Å². The molecule has 2 rings (SSSR count). The average molecular weight is 361 g/mol. The minimum absolute atomic E-state index is 0.0655. The van der Waals surface area contributed by atoms with Gasteiger partial charge in [-0.2, -0.15) is 0 Å². The van der Waals surface area contributed by atoms with Gasteiger partial charge in [0, 0.05) is 38.3 Å². The van der Waals surface area contributed by atoms with Crippen LogP contribution in [-0.4, -0.2) is 65.3 Å². The zero-order valence-corrected chi connectivity index (χ0v) is 14.9. The van der Waals surface area contributed by atoms with Gasteiger partial charge in [-0.05, 0) is 37.1 Å². The van der Waals surface area contributed by atoms with Crippen molar-refractivity contribution in [1.29, 1.82) is 0 Å². The number of carbonyl (C=O) groups excluding carboxylic acids is 3. The zero-order valence-electron chi connectivity index (χ0n) is 14.9. The van der Waals surface area contributed by atoms with Gasteiger partial charge in [0.1, 0.15) is 0 Å². The fourth-order valence-electron chi connectivity index (χ4n) is 2.87. The molecule has 2 N–H and O–H groups in total. The first-order chi connectivity index (χ1) is 12.3. The molecule has 0 aliphatic carbocycles. The topological polar surface area (TPSA) is 107 Å². The zero-order chi connectivity index (χ0) is 19.3. The number of carboxylic acids is 1. The molecule has 0 saturated carbocycles. The van der Waals surface area contributed by atoms with Crippen LogP contribution in [0, 0.1) is 5.92 Å². The highest BCUT2D eigenvalue weighted by molar-refractivity contribution is 5.97. The molecule has 26 heavy (non-hydrogen) atoms. The molecule has 0 spiro atoms. The summed E-state index contributed by atoms with van der Waals surface area (Å²) in [6.07, 6.45) is 0.868. The summed E-state index contributed by atoms with van der Waals surface area (Å²) >= 11 is 0. The quantitative estimate of drug-likeness (QED) is 0.815. The molecule has 1 heterocycles. The molecule has 8 nitrogen and oxygen atoms in total. The number of rotatable bonds is 5. The summed E-state index contributed by atoms with van der Waals surface area (Å²) in [6.45, 7) is 2.12. The Morgan fingerprint density at radius 1 is 1.15 bits per heavy atom. The van der Waals surface area contributed by atoms with Crippen LogP contribution >= 0.6 is 0 Å². The van der Waals surface area contributed by atoms with Crippen molar-refractivity contribution in [2.75, 3.05) is 32.0 Å².